The van der Waals surface area contributed by atoms with Crippen LogP contribution in [-0.2, 0) is 19.1 Å². The monoisotopic (exact) mass is 476 g/mol. The van der Waals surface area contributed by atoms with Gasteiger partial charge in [-0.05, 0) is 56.2 Å². The van der Waals surface area contributed by atoms with Crippen molar-refractivity contribution in [3.63, 3.8) is 0 Å². The highest BCUT2D eigenvalue weighted by atomic mass is 79.9. The number of esters is 1. The molecule has 0 unspecified atom stereocenters. The summed E-state index contributed by atoms with van der Waals surface area (Å²) in [5.74, 6) is -2.32. The van der Waals surface area contributed by atoms with Crippen LogP contribution in [0.3, 0.4) is 0 Å². The lowest BCUT2D eigenvalue weighted by Gasteiger charge is -2.13. The molecule has 0 atom stereocenters. The zero-order valence-corrected chi connectivity index (χ0v) is 18.4. The molecule has 2 aromatic rings. The van der Waals surface area contributed by atoms with Gasteiger partial charge >= 0.3 is 5.97 Å². The molecule has 0 spiro atoms. The first-order valence-electron chi connectivity index (χ1n) is 9.10. The molecule has 2 N–H and O–H groups in total. The number of carbonyl (C=O) groups excluding carboxylic acids is 3. The second-order valence-electron chi connectivity index (χ2n) is 6.71. The lowest BCUT2D eigenvalue weighted by atomic mass is 10.1. The Hall–Kier alpha value is -3.00. The van der Waals surface area contributed by atoms with E-state index in [1.54, 1.807) is 0 Å². The quantitative estimate of drug-likeness (QED) is 0.469. The fourth-order valence-electron chi connectivity index (χ4n) is 2.78. The number of amides is 2. The Bertz CT molecular complexity index is 982. The Morgan fingerprint density at radius 1 is 1.07 bits per heavy atom. The molecule has 0 aromatic heterocycles. The van der Waals surface area contributed by atoms with Crippen LogP contribution in [-0.4, -0.2) is 30.9 Å². The number of halogens is 2. The first-order chi connectivity index (χ1) is 14.2. The largest absolute Gasteiger partial charge is 0.452 e. The number of rotatable bonds is 7. The molecule has 0 radical (unpaired) electrons. The number of aryl methyl sites for hydroxylation is 3. The molecular weight excluding hydrogens is 455 g/mol. The Morgan fingerprint density at radius 3 is 2.40 bits per heavy atom. The molecule has 0 aliphatic heterocycles. The van der Waals surface area contributed by atoms with Crippen molar-refractivity contribution in [1.29, 1.82) is 0 Å². The van der Waals surface area contributed by atoms with Crippen molar-refractivity contribution in [2.75, 3.05) is 18.5 Å². The molecule has 8 heteroatoms. The summed E-state index contributed by atoms with van der Waals surface area (Å²) >= 11 is 3.21. The maximum absolute atomic E-state index is 13.6. The number of benzene rings is 2. The van der Waals surface area contributed by atoms with E-state index in [0.717, 1.165) is 22.8 Å². The minimum Gasteiger partial charge on any atom is -0.452 e. The van der Waals surface area contributed by atoms with E-state index in [-0.39, 0.29) is 12.1 Å². The minimum absolute atomic E-state index is 0.198. The van der Waals surface area contributed by atoms with Crippen LogP contribution in [0, 0.1) is 26.6 Å². The molecule has 0 heterocycles. The van der Waals surface area contributed by atoms with Crippen molar-refractivity contribution in [1.82, 2.24) is 5.32 Å². The number of carbonyl (C=O) groups is 3. The number of ether oxygens (including phenoxy) is 1. The molecule has 0 aliphatic rings. The minimum atomic E-state index is -0.806. The molecule has 0 bridgehead atoms. The lowest BCUT2D eigenvalue weighted by Crippen LogP contribution is -2.35. The molecule has 2 aromatic carbocycles. The van der Waals surface area contributed by atoms with Gasteiger partial charge in [-0.15, -0.1) is 0 Å². The van der Waals surface area contributed by atoms with Gasteiger partial charge in [0.25, 0.3) is 5.91 Å². The number of anilines is 1. The zero-order valence-electron chi connectivity index (χ0n) is 16.8. The summed E-state index contributed by atoms with van der Waals surface area (Å²) in [6.45, 7) is 4.93. The summed E-state index contributed by atoms with van der Waals surface area (Å²) in [4.78, 5) is 35.6. The molecule has 30 heavy (non-hydrogen) atoms. The third kappa shape index (κ3) is 7.11. The molecule has 2 amide bonds. The smallest absolute Gasteiger partial charge is 0.331 e. The fourth-order valence-corrected chi connectivity index (χ4v) is 3.15. The average Bonchev–Trinajstić information content (AvgIpc) is 2.68. The van der Waals surface area contributed by atoms with E-state index in [1.807, 2.05) is 32.9 Å². The van der Waals surface area contributed by atoms with Crippen LogP contribution in [0.4, 0.5) is 10.1 Å². The highest BCUT2D eigenvalue weighted by molar-refractivity contribution is 9.10. The number of hydrogen-bond donors (Lipinski definition) is 2. The zero-order chi connectivity index (χ0) is 22.3. The van der Waals surface area contributed by atoms with Crippen LogP contribution in [0.25, 0.3) is 6.08 Å². The second-order valence-corrected chi connectivity index (χ2v) is 7.62. The van der Waals surface area contributed by atoms with Crippen molar-refractivity contribution < 1.29 is 23.5 Å². The Morgan fingerprint density at radius 2 is 1.73 bits per heavy atom. The maximum Gasteiger partial charge on any atom is 0.331 e. The summed E-state index contributed by atoms with van der Waals surface area (Å²) in [5, 5.41) is 5.14. The topological polar surface area (TPSA) is 84.5 Å². The van der Waals surface area contributed by atoms with Gasteiger partial charge in [-0.3, -0.25) is 9.59 Å². The van der Waals surface area contributed by atoms with Crippen LogP contribution in [0.2, 0.25) is 0 Å². The summed E-state index contributed by atoms with van der Waals surface area (Å²) in [6, 6.07) is 8.20. The van der Waals surface area contributed by atoms with Crippen molar-refractivity contribution >= 4 is 45.5 Å². The summed E-state index contributed by atoms with van der Waals surface area (Å²) < 4.78 is 19.1. The van der Waals surface area contributed by atoms with Crippen LogP contribution in [0.1, 0.15) is 22.3 Å². The molecule has 0 saturated heterocycles. The van der Waals surface area contributed by atoms with Gasteiger partial charge in [0.1, 0.15) is 5.82 Å². The first-order valence-corrected chi connectivity index (χ1v) is 9.89. The SMILES string of the molecule is Cc1cc(C)c(NC(=O)CNC(=O)COC(=O)/C=C/c2cc(Br)ccc2F)c(C)c1. The van der Waals surface area contributed by atoms with Gasteiger partial charge < -0.3 is 15.4 Å². The Kier molecular flexibility index (Phi) is 8.29. The van der Waals surface area contributed by atoms with Gasteiger partial charge in [0.05, 0.1) is 6.54 Å². The van der Waals surface area contributed by atoms with Gasteiger partial charge in [0.15, 0.2) is 6.61 Å². The summed E-state index contributed by atoms with van der Waals surface area (Å²) in [6.07, 6.45) is 2.27. The van der Waals surface area contributed by atoms with E-state index in [2.05, 4.69) is 26.6 Å². The molecule has 0 aliphatic carbocycles. The third-order valence-corrected chi connectivity index (χ3v) is 4.58. The van der Waals surface area contributed by atoms with Gasteiger partial charge in [-0.2, -0.15) is 0 Å². The molecule has 158 valence electrons. The van der Waals surface area contributed by atoms with Crippen molar-refractivity contribution in [2.45, 2.75) is 20.8 Å². The number of nitrogens with one attached hydrogen (secondary N) is 2. The van der Waals surface area contributed by atoms with Crippen LogP contribution >= 0.6 is 15.9 Å². The van der Waals surface area contributed by atoms with Crippen LogP contribution < -0.4 is 10.6 Å². The molecule has 2 rings (SSSR count). The summed E-state index contributed by atoms with van der Waals surface area (Å²) in [7, 11) is 0. The molecule has 0 saturated carbocycles. The molecule has 0 fully saturated rings. The highest BCUT2D eigenvalue weighted by Gasteiger charge is 2.11. The highest BCUT2D eigenvalue weighted by Crippen LogP contribution is 2.21. The van der Waals surface area contributed by atoms with E-state index < -0.39 is 30.2 Å². The van der Waals surface area contributed by atoms with Gasteiger partial charge in [-0.1, -0.05) is 33.6 Å². The predicted molar refractivity (Wildman–Crippen MR) is 116 cm³/mol. The second kappa shape index (κ2) is 10.7. The average molecular weight is 477 g/mol. The lowest BCUT2D eigenvalue weighted by molar-refractivity contribution is -0.143. The predicted octanol–water partition coefficient (Wildman–Crippen LogP) is 3.82. The van der Waals surface area contributed by atoms with E-state index in [9.17, 15) is 18.8 Å². The maximum atomic E-state index is 13.6. The van der Waals surface area contributed by atoms with Crippen LogP contribution in [0.15, 0.2) is 40.9 Å². The Balaban J connectivity index is 1.78. The van der Waals surface area contributed by atoms with Gasteiger partial charge in [-0.25, -0.2) is 9.18 Å². The summed E-state index contributed by atoms with van der Waals surface area (Å²) in [5.41, 5.74) is 3.85. The van der Waals surface area contributed by atoms with Crippen molar-refractivity contribution in [3.05, 3.63) is 69.0 Å². The van der Waals surface area contributed by atoms with E-state index >= 15 is 0 Å². The molecular formula is C22H22BrFN2O4. The van der Waals surface area contributed by atoms with Gasteiger partial charge in [0, 0.05) is 21.8 Å². The van der Waals surface area contributed by atoms with E-state index in [1.165, 1.54) is 24.3 Å². The first kappa shape index (κ1) is 23.3. The normalized spacial score (nSPS) is 10.7. The van der Waals surface area contributed by atoms with Crippen LogP contribution in [0.5, 0.6) is 0 Å². The van der Waals surface area contributed by atoms with E-state index in [0.29, 0.717) is 10.2 Å². The van der Waals surface area contributed by atoms with Crippen molar-refractivity contribution in [2.24, 2.45) is 0 Å². The number of hydrogen-bond acceptors (Lipinski definition) is 4. The standard InChI is InChI=1S/C22H22BrFN2O4/c1-13-8-14(2)22(15(3)9-13)26-19(27)11-25-20(28)12-30-21(29)7-4-16-10-17(23)5-6-18(16)24/h4-10H,11-12H2,1-3H3,(H,25,28)(H,26,27)/b7-4+. The van der Waals surface area contributed by atoms with E-state index in [4.69, 9.17) is 4.74 Å². The third-order valence-electron chi connectivity index (χ3n) is 4.09. The Labute approximate surface area is 182 Å². The van der Waals surface area contributed by atoms with Gasteiger partial charge in [0.2, 0.25) is 5.91 Å². The molecule has 6 nitrogen and oxygen atoms in total. The fraction of sp³-hybridized carbons (Fsp3) is 0.227. The van der Waals surface area contributed by atoms with Crippen molar-refractivity contribution in [3.8, 4) is 0 Å².